The van der Waals surface area contributed by atoms with Gasteiger partial charge in [0.2, 0.25) is 0 Å². The second kappa shape index (κ2) is 6.65. The Kier molecular flexibility index (Phi) is 4.43. The van der Waals surface area contributed by atoms with E-state index in [1.165, 1.54) is 5.56 Å². The summed E-state index contributed by atoms with van der Waals surface area (Å²) in [5, 5.41) is 8.99. The molecule has 5 heteroatoms. The minimum absolute atomic E-state index is 0.0574. The number of hydrogen-bond acceptors (Lipinski definition) is 5. The van der Waals surface area contributed by atoms with Crippen LogP contribution in [0.25, 0.3) is 0 Å². The highest BCUT2D eigenvalue weighted by atomic mass is 16.3. The molecule has 0 unspecified atom stereocenters. The lowest BCUT2D eigenvalue weighted by atomic mass is 10.2. The summed E-state index contributed by atoms with van der Waals surface area (Å²) in [5.41, 5.74) is 1.97. The number of aromatic nitrogens is 2. The highest BCUT2D eigenvalue weighted by Gasteiger charge is 2.18. The van der Waals surface area contributed by atoms with E-state index in [0.29, 0.717) is 5.69 Å². The quantitative estimate of drug-likeness (QED) is 0.917. The first-order chi connectivity index (χ1) is 10.3. The largest absolute Gasteiger partial charge is 0.390 e. The van der Waals surface area contributed by atoms with Gasteiger partial charge in [-0.3, -0.25) is 9.88 Å². The van der Waals surface area contributed by atoms with Gasteiger partial charge in [-0.15, -0.1) is 0 Å². The van der Waals surface area contributed by atoms with E-state index in [-0.39, 0.29) is 6.61 Å². The molecule has 0 bridgehead atoms. The smallest absolute Gasteiger partial charge is 0.147 e. The van der Waals surface area contributed by atoms with Gasteiger partial charge in [-0.25, -0.2) is 4.98 Å². The van der Waals surface area contributed by atoms with Crippen molar-refractivity contribution >= 4 is 5.82 Å². The third-order valence-corrected chi connectivity index (χ3v) is 3.80. The van der Waals surface area contributed by atoms with Gasteiger partial charge in [0.05, 0.1) is 24.7 Å². The SMILES string of the molecule is OCc1cnc(N2CCN(Cc3ccccc3)CC2)cn1. The Bertz CT molecular complexity index is 550. The van der Waals surface area contributed by atoms with Crippen LogP contribution in [0, 0.1) is 0 Å². The topological polar surface area (TPSA) is 52.5 Å². The average molecular weight is 284 g/mol. The Hall–Kier alpha value is -1.98. The van der Waals surface area contributed by atoms with Gasteiger partial charge >= 0.3 is 0 Å². The van der Waals surface area contributed by atoms with Crippen molar-refractivity contribution in [3.63, 3.8) is 0 Å². The lowest BCUT2D eigenvalue weighted by Crippen LogP contribution is -2.46. The molecule has 0 spiro atoms. The summed E-state index contributed by atoms with van der Waals surface area (Å²) >= 11 is 0. The highest BCUT2D eigenvalue weighted by Crippen LogP contribution is 2.14. The fourth-order valence-corrected chi connectivity index (χ4v) is 2.57. The highest BCUT2D eigenvalue weighted by molar-refractivity contribution is 5.36. The van der Waals surface area contributed by atoms with Crippen LogP contribution in [-0.4, -0.2) is 46.2 Å². The zero-order chi connectivity index (χ0) is 14.5. The van der Waals surface area contributed by atoms with Crippen molar-refractivity contribution in [1.29, 1.82) is 0 Å². The van der Waals surface area contributed by atoms with Crippen LogP contribution in [-0.2, 0) is 13.2 Å². The van der Waals surface area contributed by atoms with E-state index in [9.17, 15) is 0 Å². The molecular weight excluding hydrogens is 264 g/mol. The molecule has 0 amide bonds. The first kappa shape index (κ1) is 14.0. The summed E-state index contributed by atoms with van der Waals surface area (Å²) < 4.78 is 0. The Morgan fingerprint density at radius 3 is 2.33 bits per heavy atom. The third-order valence-electron chi connectivity index (χ3n) is 3.80. The number of rotatable bonds is 4. The Balaban J connectivity index is 1.54. The Morgan fingerprint density at radius 2 is 1.71 bits per heavy atom. The molecule has 0 radical (unpaired) electrons. The van der Waals surface area contributed by atoms with Gasteiger partial charge in [-0.1, -0.05) is 30.3 Å². The molecule has 0 atom stereocenters. The molecule has 0 aliphatic carbocycles. The molecule has 21 heavy (non-hydrogen) atoms. The zero-order valence-electron chi connectivity index (χ0n) is 12.0. The first-order valence-corrected chi connectivity index (χ1v) is 7.28. The summed E-state index contributed by atoms with van der Waals surface area (Å²) in [6, 6.07) is 10.6. The van der Waals surface area contributed by atoms with Crippen molar-refractivity contribution in [3.05, 3.63) is 54.0 Å². The van der Waals surface area contributed by atoms with Crippen molar-refractivity contribution in [3.8, 4) is 0 Å². The van der Waals surface area contributed by atoms with E-state index in [2.05, 4.69) is 50.1 Å². The maximum Gasteiger partial charge on any atom is 0.147 e. The number of benzene rings is 1. The van der Waals surface area contributed by atoms with E-state index in [1.807, 2.05) is 0 Å². The second-order valence-electron chi connectivity index (χ2n) is 5.27. The monoisotopic (exact) mass is 284 g/mol. The summed E-state index contributed by atoms with van der Waals surface area (Å²) in [6.45, 7) is 4.92. The van der Waals surface area contributed by atoms with E-state index < -0.39 is 0 Å². The zero-order valence-corrected chi connectivity index (χ0v) is 12.0. The lowest BCUT2D eigenvalue weighted by Gasteiger charge is -2.35. The van der Waals surface area contributed by atoms with Crippen LogP contribution in [0.2, 0.25) is 0 Å². The number of hydrogen-bond donors (Lipinski definition) is 1. The van der Waals surface area contributed by atoms with Gasteiger partial charge in [0, 0.05) is 32.7 Å². The predicted octanol–water partition coefficient (Wildman–Crippen LogP) is 1.29. The van der Waals surface area contributed by atoms with Crippen LogP contribution in [0.5, 0.6) is 0 Å². The van der Waals surface area contributed by atoms with Gasteiger partial charge in [-0.2, -0.15) is 0 Å². The molecule has 1 N–H and O–H groups in total. The summed E-state index contributed by atoms with van der Waals surface area (Å²) in [4.78, 5) is 13.3. The predicted molar refractivity (Wildman–Crippen MR) is 81.9 cm³/mol. The Morgan fingerprint density at radius 1 is 0.952 bits per heavy atom. The van der Waals surface area contributed by atoms with E-state index in [1.54, 1.807) is 12.4 Å². The van der Waals surface area contributed by atoms with Gasteiger partial charge in [0.1, 0.15) is 5.82 Å². The van der Waals surface area contributed by atoms with Crippen molar-refractivity contribution in [1.82, 2.24) is 14.9 Å². The third kappa shape index (κ3) is 3.56. The molecule has 3 rings (SSSR count). The van der Waals surface area contributed by atoms with Crippen LogP contribution in [0.15, 0.2) is 42.7 Å². The van der Waals surface area contributed by atoms with E-state index in [4.69, 9.17) is 5.11 Å². The lowest BCUT2D eigenvalue weighted by molar-refractivity contribution is 0.249. The fraction of sp³-hybridized carbons (Fsp3) is 0.375. The van der Waals surface area contributed by atoms with Crippen LogP contribution in [0.1, 0.15) is 11.3 Å². The Labute approximate surface area is 124 Å². The molecule has 2 aromatic rings. The molecule has 0 saturated carbocycles. The fourth-order valence-electron chi connectivity index (χ4n) is 2.57. The molecule has 1 aromatic heterocycles. The molecule has 110 valence electrons. The number of aliphatic hydroxyl groups excluding tert-OH is 1. The van der Waals surface area contributed by atoms with Crippen LogP contribution < -0.4 is 4.90 Å². The van der Waals surface area contributed by atoms with E-state index >= 15 is 0 Å². The van der Waals surface area contributed by atoms with Gasteiger partial charge in [-0.05, 0) is 5.56 Å². The molecule has 2 heterocycles. The van der Waals surface area contributed by atoms with E-state index in [0.717, 1.165) is 38.5 Å². The van der Waals surface area contributed by atoms with Gasteiger partial charge < -0.3 is 10.0 Å². The summed E-state index contributed by atoms with van der Waals surface area (Å²) in [5.74, 6) is 0.895. The van der Waals surface area contributed by atoms with Crippen molar-refractivity contribution in [2.24, 2.45) is 0 Å². The van der Waals surface area contributed by atoms with Crippen molar-refractivity contribution < 1.29 is 5.11 Å². The molecule has 1 fully saturated rings. The molecule has 1 aliphatic heterocycles. The number of aliphatic hydroxyl groups is 1. The van der Waals surface area contributed by atoms with Crippen LogP contribution in [0.3, 0.4) is 0 Å². The van der Waals surface area contributed by atoms with Crippen molar-refractivity contribution in [2.45, 2.75) is 13.2 Å². The average Bonchev–Trinajstić information content (AvgIpc) is 2.57. The standard InChI is InChI=1S/C16H20N4O/c21-13-15-10-18-16(11-17-15)20-8-6-19(7-9-20)12-14-4-2-1-3-5-14/h1-5,10-11,21H,6-9,12-13H2. The number of piperazine rings is 1. The molecule has 1 aliphatic rings. The molecule has 1 saturated heterocycles. The summed E-state index contributed by atoms with van der Waals surface area (Å²) in [7, 11) is 0. The summed E-state index contributed by atoms with van der Waals surface area (Å²) in [6.07, 6.45) is 3.39. The van der Waals surface area contributed by atoms with Crippen LogP contribution >= 0.6 is 0 Å². The number of anilines is 1. The van der Waals surface area contributed by atoms with Crippen molar-refractivity contribution in [2.75, 3.05) is 31.1 Å². The molecular formula is C16H20N4O. The second-order valence-corrected chi connectivity index (χ2v) is 5.27. The first-order valence-electron chi connectivity index (χ1n) is 7.28. The maximum atomic E-state index is 8.99. The van der Waals surface area contributed by atoms with Crippen LogP contribution in [0.4, 0.5) is 5.82 Å². The minimum atomic E-state index is -0.0574. The van der Waals surface area contributed by atoms with Gasteiger partial charge in [0.25, 0.3) is 0 Å². The molecule has 1 aromatic carbocycles. The number of nitrogens with zero attached hydrogens (tertiary/aromatic N) is 4. The molecule has 5 nitrogen and oxygen atoms in total. The van der Waals surface area contributed by atoms with Gasteiger partial charge in [0.15, 0.2) is 0 Å². The minimum Gasteiger partial charge on any atom is -0.390 e. The normalized spacial score (nSPS) is 16.1. The maximum absolute atomic E-state index is 8.99.